The number of nitrogen functional groups attached to an aromatic ring is 1. The monoisotopic (exact) mass is 247 g/mol. The van der Waals surface area contributed by atoms with Crippen molar-refractivity contribution in [3.8, 4) is 5.95 Å². The Morgan fingerprint density at radius 1 is 1.28 bits per heavy atom. The average Bonchev–Trinajstić information content (AvgIpc) is 2.89. The van der Waals surface area contributed by atoms with Crippen LogP contribution in [0.25, 0.3) is 5.95 Å². The summed E-state index contributed by atoms with van der Waals surface area (Å²) in [4.78, 5) is 18.7. The minimum Gasteiger partial charge on any atom is -0.368 e. The third-order valence-electron chi connectivity index (χ3n) is 2.52. The van der Waals surface area contributed by atoms with Gasteiger partial charge in [0.15, 0.2) is 0 Å². The van der Waals surface area contributed by atoms with Gasteiger partial charge in [-0.25, -0.2) is 4.98 Å². The van der Waals surface area contributed by atoms with Crippen molar-refractivity contribution in [3.05, 3.63) is 18.7 Å². The van der Waals surface area contributed by atoms with Crippen LogP contribution in [0.2, 0.25) is 0 Å². The van der Waals surface area contributed by atoms with E-state index in [1.807, 2.05) is 0 Å². The minimum atomic E-state index is 0.221. The molecule has 96 valence electrons. The molecule has 7 heteroatoms. The Morgan fingerprint density at radius 2 is 2.11 bits per heavy atom. The molecule has 0 aliphatic carbocycles. The maximum absolute atomic E-state index is 5.73. The maximum Gasteiger partial charge on any atom is 0.241 e. The highest BCUT2D eigenvalue weighted by atomic mass is 15.3. The van der Waals surface area contributed by atoms with E-state index in [2.05, 4.69) is 38.7 Å². The van der Waals surface area contributed by atoms with Gasteiger partial charge in [-0.15, -0.1) is 0 Å². The van der Waals surface area contributed by atoms with E-state index in [-0.39, 0.29) is 5.95 Å². The summed E-state index contributed by atoms with van der Waals surface area (Å²) >= 11 is 0. The Balaban J connectivity index is 2.37. The Bertz CT molecular complexity index is 494. The first kappa shape index (κ1) is 12.3. The van der Waals surface area contributed by atoms with Gasteiger partial charge in [0.25, 0.3) is 0 Å². The van der Waals surface area contributed by atoms with Crippen LogP contribution >= 0.6 is 0 Å². The maximum atomic E-state index is 5.73. The quantitative estimate of drug-likeness (QED) is 0.844. The Hall–Kier alpha value is -2.18. The van der Waals surface area contributed by atoms with Gasteiger partial charge >= 0.3 is 0 Å². The van der Waals surface area contributed by atoms with Crippen LogP contribution in [0.4, 0.5) is 11.9 Å². The van der Waals surface area contributed by atoms with E-state index in [9.17, 15) is 0 Å². The summed E-state index contributed by atoms with van der Waals surface area (Å²) in [5.41, 5.74) is 5.73. The molecule has 2 heterocycles. The highest BCUT2D eigenvalue weighted by Crippen LogP contribution is 2.11. The smallest absolute Gasteiger partial charge is 0.241 e. The van der Waals surface area contributed by atoms with Crippen molar-refractivity contribution in [1.82, 2.24) is 24.5 Å². The van der Waals surface area contributed by atoms with Gasteiger partial charge in [0.05, 0.1) is 0 Å². The number of hydrogen-bond acceptors (Lipinski definition) is 6. The fourth-order valence-corrected chi connectivity index (χ4v) is 1.67. The third-order valence-corrected chi connectivity index (χ3v) is 2.52. The molecule has 0 spiro atoms. The number of imidazole rings is 1. The van der Waals surface area contributed by atoms with Crippen LogP contribution in [0.5, 0.6) is 0 Å². The number of anilines is 2. The first-order valence-electron chi connectivity index (χ1n) is 5.99. The van der Waals surface area contributed by atoms with E-state index in [1.54, 1.807) is 23.3 Å². The molecule has 18 heavy (non-hydrogen) atoms. The normalized spacial score (nSPS) is 10.6. The summed E-state index contributed by atoms with van der Waals surface area (Å²) in [6.45, 7) is 5.90. The molecule has 0 saturated heterocycles. The molecule has 0 radical (unpaired) electrons. The van der Waals surface area contributed by atoms with Gasteiger partial charge in [0.1, 0.15) is 6.33 Å². The number of hydrogen-bond donors (Lipinski definition) is 1. The van der Waals surface area contributed by atoms with Crippen LogP contribution in [0.3, 0.4) is 0 Å². The van der Waals surface area contributed by atoms with Crippen LogP contribution in [-0.4, -0.2) is 37.6 Å². The van der Waals surface area contributed by atoms with Gasteiger partial charge in [0, 0.05) is 25.5 Å². The molecule has 0 unspecified atom stereocenters. The molecular formula is C11H17N7. The van der Waals surface area contributed by atoms with Crippen molar-refractivity contribution in [1.29, 1.82) is 0 Å². The second-order valence-electron chi connectivity index (χ2n) is 3.84. The van der Waals surface area contributed by atoms with Crippen molar-refractivity contribution >= 4 is 11.9 Å². The number of nitrogens with two attached hydrogens (primary N) is 1. The standard InChI is InChI=1S/C11H17N7/c1-3-6-17(4-2)10-14-9(12)15-11(16-10)18-7-5-13-8-18/h5,7-8H,3-4,6H2,1-2H3,(H2,12,14,15,16). The predicted octanol–water partition coefficient (Wildman–Crippen LogP) is 0.876. The number of nitrogens with zero attached hydrogens (tertiary/aromatic N) is 6. The van der Waals surface area contributed by atoms with Crippen LogP contribution < -0.4 is 10.6 Å². The van der Waals surface area contributed by atoms with Crippen LogP contribution in [0.15, 0.2) is 18.7 Å². The summed E-state index contributed by atoms with van der Waals surface area (Å²) in [6.07, 6.45) is 6.10. The van der Waals surface area contributed by atoms with Crippen molar-refractivity contribution in [2.45, 2.75) is 20.3 Å². The highest BCUT2D eigenvalue weighted by molar-refractivity contribution is 5.37. The van der Waals surface area contributed by atoms with E-state index >= 15 is 0 Å². The molecule has 0 aliphatic rings. The summed E-state index contributed by atoms with van der Waals surface area (Å²) in [6, 6.07) is 0. The SMILES string of the molecule is CCCN(CC)c1nc(N)nc(-n2ccnc2)n1. The van der Waals surface area contributed by atoms with Gasteiger partial charge in [-0.2, -0.15) is 15.0 Å². The molecule has 2 aromatic rings. The lowest BCUT2D eigenvalue weighted by Crippen LogP contribution is -2.26. The third kappa shape index (κ3) is 2.55. The Labute approximate surface area is 106 Å². The fourth-order valence-electron chi connectivity index (χ4n) is 1.67. The molecule has 2 rings (SSSR count). The molecule has 0 atom stereocenters. The summed E-state index contributed by atoms with van der Waals surface area (Å²) < 4.78 is 1.71. The van der Waals surface area contributed by atoms with E-state index in [4.69, 9.17) is 5.73 Å². The second-order valence-corrected chi connectivity index (χ2v) is 3.84. The highest BCUT2D eigenvalue weighted by Gasteiger charge is 2.11. The molecule has 0 bridgehead atoms. The Kier molecular flexibility index (Phi) is 3.71. The van der Waals surface area contributed by atoms with Crippen LogP contribution in [0.1, 0.15) is 20.3 Å². The van der Waals surface area contributed by atoms with Gasteiger partial charge in [-0.1, -0.05) is 6.92 Å². The molecule has 0 aliphatic heterocycles. The molecule has 7 nitrogen and oxygen atoms in total. The summed E-state index contributed by atoms with van der Waals surface area (Å²) in [7, 11) is 0. The van der Waals surface area contributed by atoms with Crippen molar-refractivity contribution in [3.63, 3.8) is 0 Å². The van der Waals surface area contributed by atoms with E-state index < -0.39 is 0 Å². The molecule has 2 N–H and O–H groups in total. The van der Waals surface area contributed by atoms with Gasteiger partial charge in [-0.05, 0) is 13.3 Å². The number of aromatic nitrogens is 5. The molecular weight excluding hydrogens is 230 g/mol. The first-order chi connectivity index (χ1) is 8.74. The van der Waals surface area contributed by atoms with E-state index in [0.717, 1.165) is 19.5 Å². The van der Waals surface area contributed by atoms with Gasteiger partial charge < -0.3 is 10.6 Å². The lowest BCUT2D eigenvalue weighted by Gasteiger charge is -2.20. The van der Waals surface area contributed by atoms with Crippen molar-refractivity contribution in [2.24, 2.45) is 0 Å². The lowest BCUT2D eigenvalue weighted by atomic mass is 10.4. The predicted molar refractivity (Wildman–Crippen MR) is 69.5 cm³/mol. The number of rotatable bonds is 5. The second kappa shape index (κ2) is 5.44. The molecule has 0 fully saturated rings. The van der Waals surface area contributed by atoms with E-state index in [1.165, 1.54) is 0 Å². The lowest BCUT2D eigenvalue weighted by molar-refractivity contribution is 0.750. The largest absolute Gasteiger partial charge is 0.368 e. The van der Waals surface area contributed by atoms with Crippen LogP contribution in [0, 0.1) is 0 Å². The average molecular weight is 247 g/mol. The van der Waals surface area contributed by atoms with Crippen LogP contribution in [-0.2, 0) is 0 Å². The first-order valence-corrected chi connectivity index (χ1v) is 5.99. The molecule has 0 saturated carbocycles. The molecule has 0 aromatic carbocycles. The molecule has 0 amide bonds. The van der Waals surface area contributed by atoms with Gasteiger partial charge in [0.2, 0.25) is 17.8 Å². The molecule has 2 aromatic heterocycles. The zero-order valence-electron chi connectivity index (χ0n) is 10.6. The van der Waals surface area contributed by atoms with Gasteiger partial charge in [-0.3, -0.25) is 4.57 Å². The van der Waals surface area contributed by atoms with Crippen molar-refractivity contribution < 1.29 is 0 Å². The zero-order valence-corrected chi connectivity index (χ0v) is 10.6. The van der Waals surface area contributed by atoms with Crippen molar-refractivity contribution in [2.75, 3.05) is 23.7 Å². The Morgan fingerprint density at radius 3 is 2.72 bits per heavy atom. The minimum absolute atomic E-state index is 0.221. The topological polar surface area (TPSA) is 85.8 Å². The summed E-state index contributed by atoms with van der Waals surface area (Å²) in [5, 5.41) is 0. The summed E-state index contributed by atoms with van der Waals surface area (Å²) in [5.74, 6) is 1.32. The van der Waals surface area contributed by atoms with E-state index in [0.29, 0.717) is 11.9 Å². The fraction of sp³-hybridized carbons (Fsp3) is 0.455. The zero-order chi connectivity index (χ0) is 13.0.